The van der Waals surface area contributed by atoms with Crippen LogP contribution in [0.15, 0.2) is 42.9 Å². The number of rotatable bonds is 4. The molecule has 1 fully saturated rings. The van der Waals surface area contributed by atoms with Gasteiger partial charge in [0.1, 0.15) is 0 Å². The average Bonchev–Trinajstić information content (AvgIpc) is 3.11. The Labute approximate surface area is 118 Å². The molecule has 3 nitrogen and oxygen atoms in total. The lowest BCUT2D eigenvalue weighted by Crippen LogP contribution is -2.19. The van der Waals surface area contributed by atoms with Gasteiger partial charge in [-0.3, -0.25) is 0 Å². The molecule has 1 aromatic heterocycles. The molecule has 1 aliphatic heterocycles. The van der Waals surface area contributed by atoms with Gasteiger partial charge in [-0.25, -0.2) is 4.98 Å². The lowest BCUT2D eigenvalue weighted by Gasteiger charge is -2.17. The van der Waals surface area contributed by atoms with Crippen molar-refractivity contribution in [1.29, 1.82) is 0 Å². The van der Waals surface area contributed by atoms with Crippen molar-refractivity contribution in [2.75, 3.05) is 11.5 Å². The molecule has 0 radical (unpaired) electrons. The molecule has 1 saturated heterocycles. The number of nitrogens with two attached hydrogens (primary N) is 1. The zero-order chi connectivity index (χ0) is 13.1. The van der Waals surface area contributed by atoms with Crippen molar-refractivity contribution in [3.8, 4) is 0 Å². The molecule has 19 heavy (non-hydrogen) atoms. The molecular formula is C15H19N3S. The van der Waals surface area contributed by atoms with Gasteiger partial charge in [-0.15, -0.1) is 0 Å². The van der Waals surface area contributed by atoms with E-state index in [4.69, 9.17) is 5.73 Å². The van der Waals surface area contributed by atoms with Gasteiger partial charge in [0.2, 0.25) is 0 Å². The van der Waals surface area contributed by atoms with Gasteiger partial charge in [0.05, 0.1) is 24.3 Å². The van der Waals surface area contributed by atoms with Crippen molar-refractivity contribution >= 4 is 11.8 Å². The first kappa shape index (κ1) is 12.8. The Balaban J connectivity index is 1.79. The van der Waals surface area contributed by atoms with Crippen LogP contribution in [0.4, 0.5) is 0 Å². The molecule has 2 heterocycles. The minimum atomic E-state index is -0.0854. The van der Waals surface area contributed by atoms with Crippen molar-refractivity contribution in [3.05, 3.63) is 54.1 Å². The number of benzene rings is 1. The van der Waals surface area contributed by atoms with E-state index in [1.165, 1.54) is 17.9 Å². The summed E-state index contributed by atoms with van der Waals surface area (Å²) in [4.78, 5) is 4.29. The molecule has 0 amide bonds. The van der Waals surface area contributed by atoms with Crippen LogP contribution in [0, 0.1) is 5.92 Å². The SMILES string of the molecule is NC(c1ccccc1)c1cncn1CC1CCSC1. The highest BCUT2D eigenvalue weighted by molar-refractivity contribution is 7.99. The fourth-order valence-electron chi connectivity index (χ4n) is 2.58. The van der Waals surface area contributed by atoms with Crippen LogP contribution in [-0.4, -0.2) is 21.1 Å². The van der Waals surface area contributed by atoms with E-state index in [1.54, 1.807) is 0 Å². The number of aromatic nitrogens is 2. The second-order valence-electron chi connectivity index (χ2n) is 5.09. The Morgan fingerprint density at radius 1 is 1.37 bits per heavy atom. The maximum atomic E-state index is 6.37. The van der Waals surface area contributed by atoms with Gasteiger partial charge in [-0.2, -0.15) is 11.8 Å². The molecule has 1 aliphatic rings. The van der Waals surface area contributed by atoms with E-state index in [0.717, 1.165) is 23.7 Å². The summed E-state index contributed by atoms with van der Waals surface area (Å²) in [5.74, 6) is 3.32. The second kappa shape index (κ2) is 5.80. The zero-order valence-electron chi connectivity index (χ0n) is 10.9. The van der Waals surface area contributed by atoms with Crippen LogP contribution in [0.25, 0.3) is 0 Å². The quantitative estimate of drug-likeness (QED) is 0.931. The van der Waals surface area contributed by atoms with E-state index in [9.17, 15) is 0 Å². The Bertz CT molecular complexity index is 517. The van der Waals surface area contributed by atoms with Crippen molar-refractivity contribution in [3.63, 3.8) is 0 Å². The lowest BCUT2D eigenvalue weighted by atomic mass is 10.0. The van der Waals surface area contributed by atoms with Gasteiger partial charge >= 0.3 is 0 Å². The predicted octanol–water partition coefficient (Wildman–Crippen LogP) is 2.68. The zero-order valence-corrected chi connectivity index (χ0v) is 11.7. The molecular weight excluding hydrogens is 254 g/mol. The second-order valence-corrected chi connectivity index (χ2v) is 6.24. The third-order valence-electron chi connectivity index (χ3n) is 3.70. The van der Waals surface area contributed by atoms with E-state index in [-0.39, 0.29) is 6.04 Å². The smallest absolute Gasteiger partial charge is 0.0948 e. The Kier molecular flexibility index (Phi) is 3.89. The maximum absolute atomic E-state index is 6.37. The molecule has 0 aliphatic carbocycles. The molecule has 1 aromatic carbocycles. The fourth-order valence-corrected chi connectivity index (χ4v) is 3.85. The van der Waals surface area contributed by atoms with Crippen LogP contribution >= 0.6 is 11.8 Å². The lowest BCUT2D eigenvalue weighted by molar-refractivity contribution is 0.477. The first-order valence-corrected chi connectivity index (χ1v) is 7.88. The molecule has 0 saturated carbocycles. The minimum Gasteiger partial charge on any atom is -0.333 e. The largest absolute Gasteiger partial charge is 0.333 e. The van der Waals surface area contributed by atoms with E-state index in [0.29, 0.717) is 0 Å². The number of hydrogen-bond acceptors (Lipinski definition) is 3. The van der Waals surface area contributed by atoms with Crippen molar-refractivity contribution in [2.45, 2.75) is 19.0 Å². The molecule has 0 bridgehead atoms. The van der Waals surface area contributed by atoms with E-state index < -0.39 is 0 Å². The number of imidazole rings is 1. The summed E-state index contributed by atoms with van der Waals surface area (Å²) in [6.45, 7) is 1.04. The summed E-state index contributed by atoms with van der Waals surface area (Å²) in [6.07, 6.45) is 5.13. The maximum Gasteiger partial charge on any atom is 0.0948 e. The van der Waals surface area contributed by atoms with Gasteiger partial charge in [-0.1, -0.05) is 30.3 Å². The van der Waals surface area contributed by atoms with Gasteiger partial charge in [0.15, 0.2) is 0 Å². The summed E-state index contributed by atoms with van der Waals surface area (Å²) >= 11 is 2.05. The van der Waals surface area contributed by atoms with Crippen molar-refractivity contribution < 1.29 is 0 Å². The van der Waals surface area contributed by atoms with Crippen LogP contribution in [0.1, 0.15) is 23.7 Å². The normalized spacial score (nSPS) is 20.6. The fraction of sp³-hybridized carbons (Fsp3) is 0.400. The van der Waals surface area contributed by atoms with Gasteiger partial charge in [0.25, 0.3) is 0 Å². The molecule has 4 heteroatoms. The van der Waals surface area contributed by atoms with E-state index >= 15 is 0 Å². The molecule has 2 N–H and O–H groups in total. The molecule has 0 spiro atoms. The standard InChI is InChI=1S/C15H19N3S/c16-15(13-4-2-1-3-5-13)14-8-17-11-18(14)9-12-6-7-19-10-12/h1-5,8,11-12,15H,6-7,9-10,16H2. The Hall–Kier alpha value is -1.26. The number of thioether (sulfide) groups is 1. The average molecular weight is 273 g/mol. The van der Waals surface area contributed by atoms with Crippen molar-refractivity contribution in [1.82, 2.24) is 9.55 Å². The third-order valence-corrected chi connectivity index (χ3v) is 4.93. The van der Waals surface area contributed by atoms with Gasteiger partial charge < -0.3 is 10.3 Å². The highest BCUT2D eigenvalue weighted by Gasteiger charge is 2.19. The van der Waals surface area contributed by atoms with Gasteiger partial charge in [-0.05, 0) is 29.4 Å². The highest BCUT2D eigenvalue weighted by Crippen LogP contribution is 2.26. The van der Waals surface area contributed by atoms with Gasteiger partial charge in [0, 0.05) is 6.54 Å². The monoisotopic (exact) mass is 273 g/mol. The summed E-state index contributed by atoms with van der Waals surface area (Å²) in [7, 11) is 0. The molecule has 3 rings (SSSR count). The number of nitrogens with zero attached hydrogens (tertiary/aromatic N) is 2. The Morgan fingerprint density at radius 2 is 2.21 bits per heavy atom. The minimum absolute atomic E-state index is 0.0854. The van der Waals surface area contributed by atoms with E-state index in [1.807, 2.05) is 42.5 Å². The third kappa shape index (κ3) is 2.85. The van der Waals surface area contributed by atoms with Crippen LogP contribution in [0.3, 0.4) is 0 Å². The topological polar surface area (TPSA) is 43.8 Å². The van der Waals surface area contributed by atoms with Crippen LogP contribution in [0.5, 0.6) is 0 Å². The summed E-state index contributed by atoms with van der Waals surface area (Å²) in [5.41, 5.74) is 8.63. The first-order valence-electron chi connectivity index (χ1n) is 6.73. The molecule has 2 aromatic rings. The highest BCUT2D eigenvalue weighted by atomic mass is 32.2. The number of hydrogen-bond donors (Lipinski definition) is 1. The molecule has 2 atom stereocenters. The van der Waals surface area contributed by atoms with E-state index in [2.05, 4.69) is 21.7 Å². The van der Waals surface area contributed by atoms with Crippen LogP contribution < -0.4 is 5.73 Å². The summed E-state index contributed by atoms with van der Waals surface area (Å²) < 4.78 is 2.23. The van der Waals surface area contributed by atoms with Crippen molar-refractivity contribution in [2.24, 2.45) is 11.7 Å². The molecule has 100 valence electrons. The molecule has 2 unspecified atom stereocenters. The summed E-state index contributed by atoms with van der Waals surface area (Å²) in [5, 5.41) is 0. The van der Waals surface area contributed by atoms with Crippen LogP contribution in [0.2, 0.25) is 0 Å². The van der Waals surface area contributed by atoms with Crippen LogP contribution in [-0.2, 0) is 6.54 Å². The Morgan fingerprint density at radius 3 is 2.95 bits per heavy atom. The first-order chi connectivity index (χ1) is 9.34. The predicted molar refractivity (Wildman–Crippen MR) is 80.1 cm³/mol. The summed E-state index contributed by atoms with van der Waals surface area (Å²) in [6, 6.07) is 10.1.